The maximum absolute atomic E-state index is 9.11. The highest BCUT2D eigenvalue weighted by Gasteiger charge is 2.29. The lowest BCUT2D eigenvalue weighted by atomic mass is 10.0. The van der Waals surface area contributed by atoms with Crippen LogP contribution >= 0.6 is 0 Å². The lowest BCUT2D eigenvalue weighted by Gasteiger charge is -2.25. The Morgan fingerprint density at radius 1 is 1.62 bits per heavy atom. The second kappa shape index (κ2) is 4.11. The monoisotopic (exact) mass is 216 g/mol. The van der Waals surface area contributed by atoms with E-state index in [-0.39, 0.29) is 5.54 Å². The van der Waals surface area contributed by atoms with Gasteiger partial charge in [-0.2, -0.15) is 5.26 Å². The Morgan fingerprint density at radius 2 is 2.44 bits per heavy atom. The van der Waals surface area contributed by atoms with Gasteiger partial charge in [0.25, 0.3) is 0 Å². The van der Waals surface area contributed by atoms with Crippen molar-refractivity contribution in [2.75, 3.05) is 18.4 Å². The van der Waals surface area contributed by atoms with Crippen LogP contribution in [-0.2, 0) is 0 Å². The first-order chi connectivity index (χ1) is 7.64. The van der Waals surface area contributed by atoms with Crippen LogP contribution in [0.15, 0.2) is 12.3 Å². The molecule has 0 aromatic carbocycles. The minimum atomic E-state index is 0.00634. The van der Waals surface area contributed by atoms with Gasteiger partial charge in [0, 0.05) is 18.3 Å². The van der Waals surface area contributed by atoms with E-state index in [0.717, 1.165) is 25.1 Å². The largest absolute Gasteiger partial charge is 0.362 e. The molecule has 1 saturated heterocycles. The molecule has 84 valence electrons. The van der Waals surface area contributed by atoms with Crippen molar-refractivity contribution in [2.45, 2.75) is 25.8 Å². The summed E-state index contributed by atoms with van der Waals surface area (Å²) in [5.41, 5.74) is 1.62. The Bertz CT molecular complexity index is 427. The summed E-state index contributed by atoms with van der Waals surface area (Å²) in [6.07, 6.45) is 2.79. The maximum Gasteiger partial charge on any atom is 0.144 e. The Balaban J connectivity index is 2.28. The molecule has 4 heteroatoms. The van der Waals surface area contributed by atoms with E-state index in [9.17, 15) is 0 Å². The minimum Gasteiger partial charge on any atom is -0.362 e. The van der Waals surface area contributed by atoms with Crippen molar-refractivity contribution in [2.24, 2.45) is 0 Å². The fraction of sp³-hybridized carbons (Fsp3) is 0.500. The Kier molecular flexibility index (Phi) is 2.80. The van der Waals surface area contributed by atoms with E-state index < -0.39 is 0 Å². The van der Waals surface area contributed by atoms with E-state index >= 15 is 0 Å². The first kappa shape index (κ1) is 10.9. The van der Waals surface area contributed by atoms with Gasteiger partial charge in [-0.25, -0.2) is 4.98 Å². The molecule has 2 N–H and O–H groups in total. The van der Waals surface area contributed by atoms with E-state index in [1.165, 1.54) is 0 Å². The van der Waals surface area contributed by atoms with Crippen LogP contribution in [0, 0.1) is 18.3 Å². The van der Waals surface area contributed by atoms with Gasteiger partial charge >= 0.3 is 0 Å². The molecule has 1 aromatic rings. The molecular weight excluding hydrogens is 200 g/mol. The van der Waals surface area contributed by atoms with Crippen LogP contribution < -0.4 is 10.6 Å². The van der Waals surface area contributed by atoms with Crippen molar-refractivity contribution in [3.63, 3.8) is 0 Å². The lowest BCUT2D eigenvalue weighted by molar-refractivity contribution is 0.564. The van der Waals surface area contributed by atoms with Gasteiger partial charge in [0.1, 0.15) is 11.9 Å². The molecule has 0 aliphatic carbocycles. The van der Waals surface area contributed by atoms with E-state index in [0.29, 0.717) is 11.4 Å². The number of aromatic nitrogens is 1. The van der Waals surface area contributed by atoms with Crippen molar-refractivity contribution in [1.82, 2.24) is 10.3 Å². The minimum absolute atomic E-state index is 0.00634. The van der Waals surface area contributed by atoms with Gasteiger partial charge in [0.05, 0.1) is 5.56 Å². The van der Waals surface area contributed by atoms with Gasteiger partial charge in [-0.15, -0.1) is 0 Å². The van der Waals surface area contributed by atoms with E-state index in [4.69, 9.17) is 5.26 Å². The molecule has 1 aliphatic heterocycles. The standard InChI is InChI=1S/C12H16N4/c1-9-3-5-15-11(10(9)7-13)16-12(2)4-6-14-8-12/h3,5,14H,4,6,8H2,1-2H3,(H,15,16). The molecule has 2 rings (SSSR count). The first-order valence-corrected chi connectivity index (χ1v) is 5.49. The zero-order valence-electron chi connectivity index (χ0n) is 9.67. The normalized spacial score (nSPS) is 24.1. The number of anilines is 1. The highest BCUT2D eigenvalue weighted by molar-refractivity contribution is 5.56. The average Bonchev–Trinajstić information content (AvgIpc) is 2.65. The molecule has 2 heterocycles. The number of hydrogen-bond acceptors (Lipinski definition) is 4. The molecule has 0 radical (unpaired) electrons. The van der Waals surface area contributed by atoms with Gasteiger partial charge in [-0.1, -0.05) is 0 Å². The summed E-state index contributed by atoms with van der Waals surface area (Å²) in [5.74, 6) is 0.703. The SMILES string of the molecule is Cc1ccnc(NC2(C)CCNC2)c1C#N. The molecule has 1 atom stereocenters. The summed E-state index contributed by atoms with van der Waals surface area (Å²) in [5, 5.41) is 15.8. The maximum atomic E-state index is 9.11. The second-order valence-corrected chi connectivity index (χ2v) is 4.58. The fourth-order valence-electron chi connectivity index (χ4n) is 2.00. The van der Waals surface area contributed by atoms with Crippen LogP contribution in [0.3, 0.4) is 0 Å². The third kappa shape index (κ3) is 2.00. The van der Waals surface area contributed by atoms with Crippen molar-refractivity contribution in [3.05, 3.63) is 23.4 Å². The van der Waals surface area contributed by atoms with Gasteiger partial charge in [-0.3, -0.25) is 0 Å². The summed E-state index contributed by atoms with van der Waals surface area (Å²) in [6.45, 7) is 6.00. The molecule has 4 nitrogen and oxygen atoms in total. The first-order valence-electron chi connectivity index (χ1n) is 5.49. The molecule has 1 aromatic heterocycles. The smallest absolute Gasteiger partial charge is 0.144 e. The lowest BCUT2D eigenvalue weighted by Crippen LogP contribution is -2.37. The molecule has 0 spiro atoms. The Hall–Kier alpha value is -1.60. The van der Waals surface area contributed by atoms with Crippen LogP contribution in [0.2, 0.25) is 0 Å². The van der Waals surface area contributed by atoms with Crippen LogP contribution in [0.25, 0.3) is 0 Å². The molecular formula is C12H16N4. The van der Waals surface area contributed by atoms with Crippen LogP contribution in [-0.4, -0.2) is 23.6 Å². The third-order valence-corrected chi connectivity index (χ3v) is 3.06. The third-order valence-electron chi connectivity index (χ3n) is 3.06. The quantitative estimate of drug-likeness (QED) is 0.785. The number of nitrogens with zero attached hydrogens (tertiary/aromatic N) is 2. The molecule has 0 saturated carbocycles. The number of rotatable bonds is 2. The highest BCUT2D eigenvalue weighted by Crippen LogP contribution is 2.23. The van der Waals surface area contributed by atoms with E-state index in [1.807, 2.05) is 13.0 Å². The number of aryl methyl sites for hydroxylation is 1. The molecule has 1 aliphatic rings. The number of pyridine rings is 1. The highest BCUT2D eigenvalue weighted by atomic mass is 15.1. The topological polar surface area (TPSA) is 60.7 Å². The summed E-state index contributed by atoms with van der Waals surface area (Å²) in [6, 6.07) is 4.07. The van der Waals surface area contributed by atoms with Gasteiger partial charge in [0.15, 0.2) is 0 Å². The van der Waals surface area contributed by atoms with Gasteiger partial charge < -0.3 is 10.6 Å². The predicted octanol–water partition coefficient (Wildman–Crippen LogP) is 1.43. The average molecular weight is 216 g/mol. The fourth-order valence-corrected chi connectivity index (χ4v) is 2.00. The number of nitriles is 1. The van der Waals surface area contributed by atoms with Crippen LogP contribution in [0.1, 0.15) is 24.5 Å². The Morgan fingerprint density at radius 3 is 3.06 bits per heavy atom. The predicted molar refractivity (Wildman–Crippen MR) is 63.2 cm³/mol. The summed E-state index contributed by atoms with van der Waals surface area (Å²) < 4.78 is 0. The Labute approximate surface area is 95.7 Å². The molecule has 1 unspecified atom stereocenters. The summed E-state index contributed by atoms with van der Waals surface area (Å²) >= 11 is 0. The van der Waals surface area contributed by atoms with Crippen molar-refractivity contribution in [1.29, 1.82) is 5.26 Å². The van der Waals surface area contributed by atoms with E-state index in [1.54, 1.807) is 6.20 Å². The number of hydrogen-bond donors (Lipinski definition) is 2. The zero-order chi connectivity index (χ0) is 11.6. The van der Waals surface area contributed by atoms with Crippen LogP contribution in [0.4, 0.5) is 5.82 Å². The van der Waals surface area contributed by atoms with Crippen molar-refractivity contribution < 1.29 is 0 Å². The second-order valence-electron chi connectivity index (χ2n) is 4.58. The zero-order valence-corrected chi connectivity index (χ0v) is 9.67. The summed E-state index contributed by atoms with van der Waals surface area (Å²) in [7, 11) is 0. The molecule has 0 bridgehead atoms. The van der Waals surface area contributed by atoms with Gasteiger partial charge in [-0.05, 0) is 38.4 Å². The van der Waals surface area contributed by atoms with Crippen molar-refractivity contribution >= 4 is 5.82 Å². The molecule has 16 heavy (non-hydrogen) atoms. The summed E-state index contributed by atoms with van der Waals surface area (Å²) in [4.78, 5) is 4.26. The van der Waals surface area contributed by atoms with Crippen molar-refractivity contribution in [3.8, 4) is 6.07 Å². The number of nitrogens with one attached hydrogen (secondary N) is 2. The van der Waals surface area contributed by atoms with Crippen LogP contribution in [0.5, 0.6) is 0 Å². The van der Waals surface area contributed by atoms with E-state index in [2.05, 4.69) is 28.6 Å². The molecule has 1 fully saturated rings. The van der Waals surface area contributed by atoms with Gasteiger partial charge in [0.2, 0.25) is 0 Å². The molecule has 0 amide bonds.